The quantitative estimate of drug-likeness (QED) is 0.860. The van der Waals surface area contributed by atoms with E-state index in [1.807, 2.05) is 54.6 Å². The van der Waals surface area contributed by atoms with Gasteiger partial charge in [-0.15, -0.1) is 12.4 Å². The fraction of sp³-hybridized carbons (Fsp3) is 0.250. The first-order valence-electron chi connectivity index (χ1n) is 6.52. The van der Waals surface area contributed by atoms with Gasteiger partial charge in [-0.1, -0.05) is 42.5 Å². The molecular formula is C16H21ClN2O. The SMILES string of the molecule is Cl.NCC[C@@H](N)c1cccc(OCc2ccccc2)c1. The minimum absolute atomic E-state index is 0. The summed E-state index contributed by atoms with van der Waals surface area (Å²) in [5.74, 6) is 0.842. The van der Waals surface area contributed by atoms with Gasteiger partial charge in [-0.3, -0.25) is 0 Å². The molecule has 20 heavy (non-hydrogen) atoms. The molecule has 0 aromatic heterocycles. The van der Waals surface area contributed by atoms with Crippen LogP contribution in [0.3, 0.4) is 0 Å². The van der Waals surface area contributed by atoms with E-state index in [0.29, 0.717) is 13.2 Å². The zero-order valence-corrected chi connectivity index (χ0v) is 12.2. The fourth-order valence-electron chi connectivity index (χ4n) is 1.92. The smallest absolute Gasteiger partial charge is 0.120 e. The van der Waals surface area contributed by atoms with E-state index in [1.54, 1.807) is 0 Å². The molecular weight excluding hydrogens is 272 g/mol. The molecule has 0 spiro atoms. The third kappa shape index (κ3) is 4.85. The number of halogens is 1. The highest BCUT2D eigenvalue weighted by Crippen LogP contribution is 2.20. The molecule has 0 saturated carbocycles. The second-order valence-corrected chi connectivity index (χ2v) is 4.53. The first-order valence-corrected chi connectivity index (χ1v) is 6.52. The van der Waals surface area contributed by atoms with Gasteiger partial charge in [-0.05, 0) is 36.2 Å². The van der Waals surface area contributed by atoms with Crippen LogP contribution in [0.4, 0.5) is 0 Å². The van der Waals surface area contributed by atoms with Crippen LogP contribution in [-0.2, 0) is 6.61 Å². The van der Waals surface area contributed by atoms with Gasteiger partial charge in [-0.25, -0.2) is 0 Å². The molecule has 4 heteroatoms. The van der Waals surface area contributed by atoms with Crippen molar-refractivity contribution in [2.45, 2.75) is 19.1 Å². The van der Waals surface area contributed by atoms with Gasteiger partial charge < -0.3 is 16.2 Å². The van der Waals surface area contributed by atoms with Crippen molar-refractivity contribution in [3.8, 4) is 5.75 Å². The van der Waals surface area contributed by atoms with Crippen molar-refractivity contribution in [3.05, 3.63) is 65.7 Å². The number of ether oxygens (including phenoxy) is 1. The number of nitrogens with two attached hydrogens (primary N) is 2. The minimum atomic E-state index is -0.0229. The Morgan fingerprint density at radius 1 is 1.00 bits per heavy atom. The molecule has 0 saturated heterocycles. The second-order valence-electron chi connectivity index (χ2n) is 4.53. The Kier molecular flexibility index (Phi) is 7.09. The Labute approximate surface area is 126 Å². The molecule has 0 heterocycles. The van der Waals surface area contributed by atoms with Crippen molar-refractivity contribution in [2.75, 3.05) is 6.54 Å². The molecule has 0 radical (unpaired) electrons. The Morgan fingerprint density at radius 3 is 2.45 bits per heavy atom. The van der Waals surface area contributed by atoms with Gasteiger partial charge >= 0.3 is 0 Å². The minimum Gasteiger partial charge on any atom is -0.489 e. The van der Waals surface area contributed by atoms with Crippen LogP contribution in [0.25, 0.3) is 0 Å². The molecule has 108 valence electrons. The lowest BCUT2D eigenvalue weighted by molar-refractivity contribution is 0.305. The molecule has 0 fully saturated rings. The third-order valence-corrected chi connectivity index (χ3v) is 3.01. The van der Waals surface area contributed by atoms with Gasteiger partial charge in [0.25, 0.3) is 0 Å². The summed E-state index contributed by atoms with van der Waals surface area (Å²) in [4.78, 5) is 0. The average molecular weight is 293 g/mol. The molecule has 0 bridgehead atoms. The fourth-order valence-corrected chi connectivity index (χ4v) is 1.92. The van der Waals surface area contributed by atoms with E-state index in [9.17, 15) is 0 Å². The lowest BCUT2D eigenvalue weighted by atomic mass is 10.0. The number of hydrogen-bond donors (Lipinski definition) is 2. The van der Waals surface area contributed by atoms with E-state index in [-0.39, 0.29) is 18.4 Å². The predicted octanol–water partition coefficient (Wildman–Crippen LogP) is 3.04. The van der Waals surface area contributed by atoms with Crippen molar-refractivity contribution < 1.29 is 4.74 Å². The Morgan fingerprint density at radius 2 is 1.75 bits per heavy atom. The molecule has 2 rings (SSSR count). The highest BCUT2D eigenvalue weighted by molar-refractivity contribution is 5.85. The summed E-state index contributed by atoms with van der Waals surface area (Å²) < 4.78 is 5.77. The molecule has 4 N–H and O–H groups in total. The zero-order valence-electron chi connectivity index (χ0n) is 11.4. The standard InChI is InChI=1S/C16H20N2O.ClH/c17-10-9-16(18)14-7-4-8-15(11-14)19-12-13-5-2-1-3-6-13;/h1-8,11,16H,9-10,12,17-18H2;1H/t16-;/m1./s1. The van der Waals surface area contributed by atoms with E-state index >= 15 is 0 Å². The summed E-state index contributed by atoms with van der Waals surface area (Å²) >= 11 is 0. The largest absolute Gasteiger partial charge is 0.489 e. The van der Waals surface area contributed by atoms with Crippen LogP contribution in [0.2, 0.25) is 0 Å². The first kappa shape index (κ1) is 16.5. The van der Waals surface area contributed by atoms with E-state index < -0.39 is 0 Å². The highest BCUT2D eigenvalue weighted by atomic mass is 35.5. The summed E-state index contributed by atoms with van der Waals surface area (Å²) in [5.41, 5.74) is 13.8. The van der Waals surface area contributed by atoms with Crippen LogP contribution in [-0.4, -0.2) is 6.54 Å². The monoisotopic (exact) mass is 292 g/mol. The maximum absolute atomic E-state index is 6.05. The molecule has 0 amide bonds. The number of rotatable bonds is 6. The van der Waals surface area contributed by atoms with Crippen molar-refractivity contribution >= 4 is 12.4 Å². The topological polar surface area (TPSA) is 61.3 Å². The van der Waals surface area contributed by atoms with Crippen LogP contribution in [0.5, 0.6) is 5.75 Å². The van der Waals surface area contributed by atoms with Crippen molar-refractivity contribution in [2.24, 2.45) is 11.5 Å². The van der Waals surface area contributed by atoms with E-state index in [2.05, 4.69) is 0 Å². The second kappa shape index (κ2) is 8.59. The van der Waals surface area contributed by atoms with Crippen LogP contribution in [0.1, 0.15) is 23.6 Å². The molecule has 0 aliphatic heterocycles. The van der Waals surface area contributed by atoms with Crippen molar-refractivity contribution in [1.82, 2.24) is 0 Å². The predicted molar refractivity (Wildman–Crippen MR) is 85.1 cm³/mol. The summed E-state index contributed by atoms with van der Waals surface area (Å²) in [6.07, 6.45) is 0.780. The summed E-state index contributed by atoms with van der Waals surface area (Å²) in [6.45, 7) is 1.16. The van der Waals surface area contributed by atoms with Gasteiger partial charge in [0, 0.05) is 6.04 Å². The molecule has 3 nitrogen and oxygen atoms in total. The van der Waals surface area contributed by atoms with Gasteiger partial charge in [0.2, 0.25) is 0 Å². The third-order valence-electron chi connectivity index (χ3n) is 3.01. The Bertz CT molecular complexity index is 505. The van der Waals surface area contributed by atoms with Crippen LogP contribution >= 0.6 is 12.4 Å². The maximum Gasteiger partial charge on any atom is 0.120 e. The highest BCUT2D eigenvalue weighted by Gasteiger charge is 2.06. The van der Waals surface area contributed by atoms with Crippen LogP contribution < -0.4 is 16.2 Å². The molecule has 2 aromatic carbocycles. The summed E-state index contributed by atoms with van der Waals surface area (Å²) in [5, 5.41) is 0. The van der Waals surface area contributed by atoms with Crippen molar-refractivity contribution in [3.63, 3.8) is 0 Å². The van der Waals surface area contributed by atoms with Crippen LogP contribution in [0.15, 0.2) is 54.6 Å². The Balaban J connectivity index is 0.00000200. The molecule has 1 atom stereocenters. The normalized spacial score (nSPS) is 11.5. The van der Waals surface area contributed by atoms with E-state index in [4.69, 9.17) is 16.2 Å². The molecule has 2 aromatic rings. The van der Waals surface area contributed by atoms with Gasteiger partial charge in [0.1, 0.15) is 12.4 Å². The van der Waals surface area contributed by atoms with Gasteiger partial charge in [-0.2, -0.15) is 0 Å². The van der Waals surface area contributed by atoms with E-state index in [1.165, 1.54) is 0 Å². The molecule has 0 aliphatic rings. The summed E-state index contributed by atoms with van der Waals surface area (Å²) in [6, 6.07) is 18.0. The lowest BCUT2D eigenvalue weighted by Gasteiger charge is -2.13. The van der Waals surface area contributed by atoms with Crippen LogP contribution in [0, 0.1) is 0 Å². The molecule has 0 unspecified atom stereocenters. The lowest BCUT2D eigenvalue weighted by Crippen LogP contribution is -2.15. The van der Waals surface area contributed by atoms with Gasteiger partial charge in [0.15, 0.2) is 0 Å². The Hall–Kier alpha value is -1.55. The molecule has 0 aliphatic carbocycles. The first-order chi connectivity index (χ1) is 9.29. The average Bonchev–Trinajstić information content (AvgIpc) is 2.47. The zero-order chi connectivity index (χ0) is 13.5. The van der Waals surface area contributed by atoms with Crippen molar-refractivity contribution in [1.29, 1.82) is 0 Å². The number of benzene rings is 2. The van der Waals surface area contributed by atoms with Gasteiger partial charge in [0.05, 0.1) is 0 Å². The number of hydrogen-bond acceptors (Lipinski definition) is 3. The van der Waals surface area contributed by atoms with E-state index in [0.717, 1.165) is 23.3 Å². The summed E-state index contributed by atoms with van der Waals surface area (Å²) in [7, 11) is 0. The maximum atomic E-state index is 6.05.